The lowest BCUT2D eigenvalue weighted by Gasteiger charge is -2.25. The number of rotatable bonds is 6. The van der Waals surface area contributed by atoms with Gasteiger partial charge in [0, 0.05) is 48.3 Å². The third-order valence-corrected chi connectivity index (χ3v) is 5.63. The van der Waals surface area contributed by atoms with E-state index in [1.54, 1.807) is 6.20 Å². The number of carbonyl (C=O) groups excluding carboxylic acids is 1. The molecule has 1 saturated heterocycles. The standard InChI is InChI=1S/C23H23N3O3/c27-22-9-15(12-25-22)14-28-21-11-17(10-20-19(21)5-2-8-24-20)16-6-7-23(26-13-16)29-18-3-1-4-18/h2,5-8,10-11,13,15,18H,1,3-4,9,12,14H2,(H,25,27)/t15-/m1/s1. The summed E-state index contributed by atoms with van der Waals surface area (Å²) in [7, 11) is 0. The first-order chi connectivity index (χ1) is 14.2. The van der Waals surface area contributed by atoms with Gasteiger partial charge in [0.2, 0.25) is 11.8 Å². The van der Waals surface area contributed by atoms with E-state index in [2.05, 4.69) is 15.3 Å². The molecule has 0 spiro atoms. The van der Waals surface area contributed by atoms with E-state index in [0.717, 1.165) is 40.6 Å². The number of pyridine rings is 2. The fourth-order valence-corrected chi connectivity index (χ4v) is 3.71. The second-order valence-corrected chi connectivity index (χ2v) is 7.79. The molecule has 6 heteroatoms. The number of nitrogens with one attached hydrogen (secondary N) is 1. The second kappa shape index (κ2) is 7.70. The quantitative estimate of drug-likeness (QED) is 0.695. The van der Waals surface area contributed by atoms with E-state index in [1.807, 2.05) is 42.6 Å². The topological polar surface area (TPSA) is 73.3 Å². The van der Waals surface area contributed by atoms with Gasteiger partial charge >= 0.3 is 0 Å². The van der Waals surface area contributed by atoms with Crippen LogP contribution in [-0.2, 0) is 4.79 Å². The number of carbonyl (C=O) groups is 1. The van der Waals surface area contributed by atoms with E-state index >= 15 is 0 Å². The van der Waals surface area contributed by atoms with Gasteiger partial charge in [-0.1, -0.05) is 0 Å². The molecular formula is C23H23N3O3. The van der Waals surface area contributed by atoms with Crippen molar-refractivity contribution in [1.29, 1.82) is 0 Å². The minimum atomic E-state index is 0.0918. The molecule has 5 rings (SSSR count). The minimum absolute atomic E-state index is 0.0918. The molecule has 2 aromatic heterocycles. The van der Waals surface area contributed by atoms with Crippen molar-refractivity contribution < 1.29 is 14.3 Å². The molecule has 1 aliphatic carbocycles. The van der Waals surface area contributed by atoms with Gasteiger partial charge in [0.25, 0.3) is 0 Å². The van der Waals surface area contributed by atoms with Crippen molar-refractivity contribution in [3.05, 3.63) is 48.8 Å². The van der Waals surface area contributed by atoms with Gasteiger partial charge < -0.3 is 14.8 Å². The summed E-state index contributed by atoms with van der Waals surface area (Å²) in [5.74, 6) is 1.74. The van der Waals surface area contributed by atoms with Crippen LogP contribution in [0.3, 0.4) is 0 Å². The molecule has 1 atom stereocenters. The Morgan fingerprint density at radius 2 is 2.03 bits per heavy atom. The summed E-state index contributed by atoms with van der Waals surface area (Å²) < 4.78 is 12.0. The Morgan fingerprint density at radius 3 is 2.76 bits per heavy atom. The highest BCUT2D eigenvalue weighted by atomic mass is 16.5. The molecule has 1 aliphatic heterocycles. The van der Waals surface area contributed by atoms with Crippen LogP contribution < -0.4 is 14.8 Å². The Labute approximate surface area is 169 Å². The lowest BCUT2D eigenvalue weighted by Crippen LogP contribution is -2.24. The molecule has 29 heavy (non-hydrogen) atoms. The molecule has 3 heterocycles. The van der Waals surface area contributed by atoms with E-state index in [1.165, 1.54) is 6.42 Å². The molecule has 3 aromatic rings. The second-order valence-electron chi connectivity index (χ2n) is 7.79. The highest BCUT2D eigenvalue weighted by Gasteiger charge is 2.22. The Kier molecular flexibility index (Phi) is 4.76. The number of hydrogen-bond acceptors (Lipinski definition) is 5. The molecule has 1 aromatic carbocycles. The zero-order chi connectivity index (χ0) is 19.6. The van der Waals surface area contributed by atoms with E-state index in [4.69, 9.17) is 9.47 Å². The van der Waals surface area contributed by atoms with Gasteiger partial charge in [-0.2, -0.15) is 0 Å². The van der Waals surface area contributed by atoms with Crippen molar-refractivity contribution in [2.45, 2.75) is 31.8 Å². The Hall–Kier alpha value is -3.15. The zero-order valence-corrected chi connectivity index (χ0v) is 16.1. The van der Waals surface area contributed by atoms with Crippen molar-refractivity contribution >= 4 is 16.8 Å². The normalized spacial score (nSPS) is 19.0. The molecule has 0 bridgehead atoms. The van der Waals surface area contributed by atoms with Crippen molar-refractivity contribution in [2.24, 2.45) is 5.92 Å². The van der Waals surface area contributed by atoms with E-state index in [-0.39, 0.29) is 11.8 Å². The summed E-state index contributed by atoms with van der Waals surface area (Å²) in [6, 6.07) is 11.9. The van der Waals surface area contributed by atoms with Crippen molar-refractivity contribution in [3.8, 4) is 22.8 Å². The van der Waals surface area contributed by atoms with E-state index in [0.29, 0.717) is 31.6 Å². The number of aromatic nitrogens is 2. The first-order valence-electron chi connectivity index (χ1n) is 10.2. The maximum Gasteiger partial charge on any atom is 0.220 e. The van der Waals surface area contributed by atoms with Gasteiger partial charge in [-0.15, -0.1) is 0 Å². The van der Waals surface area contributed by atoms with E-state index < -0.39 is 0 Å². The van der Waals surface area contributed by atoms with Gasteiger partial charge in [-0.05, 0) is 55.2 Å². The van der Waals surface area contributed by atoms with Crippen molar-refractivity contribution in [1.82, 2.24) is 15.3 Å². The van der Waals surface area contributed by atoms with Crippen molar-refractivity contribution in [2.75, 3.05) is 13.2 Å². The minimum Gasteiger partial charge on any atom is -0.492 e. The molecule has 6 nitrogen and oxygen atoms in total. The van der Waals surface area contributed by atoms with Crippen LogP contribution in [0.4, 0.5) is 0 Å². The van der Waals surface area contributed by atoms with Crippen LogP contribution in [0, 0.1) is 5.92 Å². The SMILES string of the molecule is O=C1C[C@@H](COc2cc(-c3ccc(OC4CCC4)nc3)cc3ncccc23)CN1. The van der Waals surface area contributed by atoms with Gasteiger partial charge in [-0.3, -0.25) is 9.78 Å². The average molecular weight is 389 g/mol. The van der Waals surface area contributed by atoms with E-state index in [9.17, 15) is 4.79 Å². The average Bonchev–Trinajstić information content (AvgIpc) is 3.14. The number of ether oxygens (including phenoxy) is 2. The largest absolute Gasteiger partial charge is 0.492 e. The molecule has 148 valence electrons. The Balaban J connectivity index is 1.40. The molecular weight excluding hydrogens is 366 g/mol. The summed E-state index contributed by atoms with van der Waals surface area (Å²) in [6.07, 6.45) is 7.91. The molecule has 0 unspecified atom stereocenters. The maximum absolute atomic E-state index is 11.4. The fourth-order valence-electron chi connectivity index (χ4n) is 3.71. The number of benzene rings is 1. The smallest absolute Gasteiger partial charge is 0.220 e. The van der Waals surface area contributed by atoms with Gasteiger partial charge in [0.15, 0.2) is 0 Å². The summed E-state index contributed by atoms with van der Waals surface area (Å²) in [5, 5.41) is 3.82. The van der Waals surface area contributed by atoms with Gasteiger partial charge in [0.05, 0.1) is 12.1 Å². The predicted molar refractivity (Wildman–Crippen MR) is 110 cm³/mol. The summed E-state index contributed by atoms with van der Waals surface area (Å²) in [4.78, 5) is 20.4. The van der Waals surface area contributed by atoms with Crippen molar-refractivity contribution in [3.63, 3.8) is 0 Å². The molecule has 1 saturated carbocycles. The first kappa shape index (κ1) is 17.9. The van der Waals surface area contributed by atoms with Gasteiger partial charge in [-0.25, -0.2) is 4.98 Å². The third kappa shape index (κ3) is 3.88. The van der Waals surface area contributed by atoms with Crippen LogP contribution >= 0.6 is 0 Å². The monoisotopic (exact) mass is 389 g/mol. The fraction of sp³-hybridized carbons (Fsp3) is 0.348. The number of nitrogens with zero attached hydrogens (tertiary/aromatic N) is 2. The predicted octanol–water partition coefficient (Wildman–Crippen LogP) is 3.74. The van der Waals surface area contributed by atoms with Crippen LogP contribution in [0.15, 0.2) is 48.8 Å². The number of amides is 1. The van der Waals surface area contributed by atoms with Crippen LogP contribution in [0.25, 0.3) is 22.0 Å². The highest BCUT2D eigenvalue weighted by molar-refractivity contribution is 5.90. The molecule has 1 amide bonds. The zero-order valence-electron chi connectivity index (χ0n) is 16.1. The lowest BCUT2D eigenvalue weighted by atomic mass is 9.96. The number of hydrogen-bond donors (Lipinski definition) is 1. The summed E-state index contributed by atoms with van der Waals surface area (Å²) in [6.45, 7) is 1.17. The molecule has 0 radical (unpaired) electrons. The first-order valence-corrected chi connectivity index (χ1v) is 10.2. The third-order valence-electron chi connectivity index (χ3n) is 5.63. The Morgan fingerprint density at radius 1 is 1.10 bits per heavy atom. The van der Waals surface area contributed by atoms with Crippen LogP contribution in [-0.4, -0.2) is 35.1 Å². The highest BCUT2D eigenvalue weighted by Crippen LogP contribution is 2.33. The summed E-state index contributed by atoms with van der Waals surface area (Å²) >= 11 is 0. The Bertz CT molecular complexity index is 1030. The van der Waals surface area contributed by atoms with Gasteiger partial charge in [0.1, 0.15) is 11.9 Å². The van der Waals surface area contributed by atoms with Crippen LogP contribution in [0.5, 0.6) is 11.6 Å². The number of fused-ring (bicyclic) bond motifs is 1. The molecule has 1 N–H and O–H groups in total. The summed E-state index contributed by atoms with van der Waals surface area (Å²) in [5.41, 5.74) is 2.85. The maximum atomic E-state index is 11.4. The lowest BCUT2D eigenvalue weighted by molar-refractivity contribution is -0.119. The van der Waals surface area contributed by atoms with Crippen LogP contribution in [0.2, 0.25) is 0 Å². The van der Waals surface area contributed by atoms with Crippen LogP contribution in [0.1, 0.15) is 25.7 Å². The molecule has 2 aliphatic rings. The molecule has 2 fully saturated rings.